The van der Waals surface area contributed by atoms with Crippen molar-refractivity contribution in [3.05, 3.63) is 54.1 Å². The van der Waals surface area contributed by atoms with E-state index in [1.807, 2.05) is 55.5 Å². The summed E-state index contributed by atoms with van der Waals surface area (Å²) in [5, 5.41) is 12.9. The molecule has 0 saturated heterocycles. The van der Waals surface area contributed by atoms with Crippen LogP contribution in [0.3, 0.4) is 0 Å². The molecule has 2 N–H and O–H groups in total. The van der Waals surface area contributed by atoms with Gasteiger partial charge in [0.2, 0.25) is 0 Å². The maximum atomic E-state index is 9.61. The third-order valence-corrected chi connectivity index (χ3v) is 3.19. The molecule has 4 nitrogen and oxygen atoms in total. The fraction of sp³-hybridized carbons (Fsp3) is 0.294. The highest BCUT2D eigenvalue weighted by Gasteiger charge is 2.10. The first-order valence-electron chi connectivity index (χ1n) is 7.01. The highest BCUT2D eigenvalue weighted by atomic mass is 16.5. The molecule has 0 saturated carbocycles. The zero-order valence-corrected chi connectivity index (χ0v) is 12.4. The highest BCUT2D eigenvalue weighted by molar-refractivity contribution is 5.50. The molecule has 0 aliphatic heterocycles. The van der Waals surface area contributed by atoms with E-state index >= 15 is 0 Å². The van der Waals surface area contributed by atoms with Gasteiger partial charge in [0.05, 0.1) is 26.4 Å². The Morgan fingerprint density at radius 1 is 1.10 bits per heavy atom. The lowest BCUT2D eigenvalue weighted by Crippen LogP contribution is -2.14. The van der Waals surface area contributed by atoms with E-state index in [-0.39, 0.29) is 12.6 Å². The van der Waals surface area contributed by atoms with Gasteiger partial charge < -0.3 is 19.9 Å². The van der Waals surface area contributed by atoms with Crippen LogP contribution in [0.2, 0.25) is 0 Å². The third-order valence-electron chi connectivity index (χ3n) is 3.19. The lowest BCUT2D eigenvalue weighted by molar-refractivity contribution is 0.276. The van der Waals surface area contributed by atoms with Gasteiger partial charge in [0, 0.05) is 11.8 Å². The molecule has 1 unspecified atom stereocenters. The van der Waals surface area contributed by atoms with Crippen LogP contribution < -0.4 is 14.8 Å². The van der Waals surface area contributed by atoms with Crippen LogP contribution >= 0.6 is 0 Å². The molecule has 2 rings (SSSR count). The van der Waals surface area contributed by atoms with E-state index in [1.165, 1.54) is 0 Å². The van der Waals surface area contributed by atoms with Crippen molar-refractivity contribution in [2.75, 3.05) is 25.6 Å². The number of hydrogen-bond acceptors (Lipinski definition) is 4. The van der Waals surface area contributed by atoms with E-state index in [4.69, 9.17) is 9.47 Å². The summed E-state index contributed by atoms with van der Waals surface area (Å²) < 4.78 is 10.6. The van der Waals surface area contributed by atoms with Crippen molar-refractivity contribution in [3.63, 3.8) is 0 Å². The van der Waals surface area contributed by atoms with Gasteiger partial charge in [-0.3, -0.25) is 0 Å². The molecule has 0 fully saturated rings. The Bertz CT molecular complexity index is 554. The number of aliphatic hydroxyl groups excluding tert-OH is 1. The topological polar surface area (TPSA) is 50.7 Å². The van der Waals surface area contributed by atoms with E-state index in [1.54, 1.807) is 7.11 Å². The van der Waals surface area contributed by atoms with Gasteiger partial charge in [-0.1, -0.05) is 18.2 Å². The number of rotatable bonds is 7. The van der Waals surface area contributed by atoms with Crippen molar-refractivity contribution >= 4 is 5.69 Å². The van der Waals surface area contributed by atoms with Crippen molar-refractivity contribution in [1.29, 1.82) is 0 Å². The number of aliphatic hydroxyl groups is 1. The second-order valence-electron chi connectivity index (χ2n) is 4.61. The van der Waals surface area contributed by atoms with Gasteiger partial charge in [-0.25, -0.2) is 0 Å². The molecular formula is C17H21NO3. The minimum atomic E-state index is -0.173. The molecular weight excluding hydrogens is 266 g/mol. The van der Waals surface area contributed by atoms with E-state index in [0.29, 0.717) is 6.61 Å². The smallest absolute Gasteiger partial charge is 0.120 e. The highest BCUT2D eigenvalue weighted by Crippen LogP contribution is 2.24. The Balaban J connectivity index is 2.11. The summed E-state index contributed by atoms with van der Waals surface area (Å²) >= 11 is 0. The summed E-state index contributed by atoms with van der Waals surface area (Å²) in [6.45, 7) is 2.60. The molecule has 0 amide bonds. The Hall–Kier alpha value is -2.20. The number of ether oxygens (including phenoxy) is 2. The van der Waals surface area contributed by atoms with Crippen molar-refractivity contribution in [2.24, 2.45) is 0 Å². The number of hydrogen-bond donors (Lipinski definition) is 2. The largest absolute Gasteiger partial charge is 0.497 e. The van der Waals surface area contributed by atoms with Crippen molar-refractivity contribution < 1.29 is 14.6 Å². The Morgan fingerprint density at radius 3 is 2.48 bits per heavy atom. The number of anilines is 1. The SMILES string of the molecule is CCOc1ccc(C(CO)Nc2cccc(OC)c2)cc1. The Labute approximate surface area is 125 Å². The van der Waals surface area contributed by atoms with Gasteiger partial charge in [-0.05, 0) is 36.8 Å². The zero-order chi connectivity index (χ0) is 15.1. The van der Waals surface area contributed by atoms with Crippen LogP contribution in [0.5, 0.6) is 11.5 Å². The summed E-state index contributed by atoms with van der Waals surface area (Å²) in [5.74, 6) is 1.61. The molecule has 112 valence electrons. The summed E-state index contributed by atoms with van der Waals surface area (Å²) in [6, 6.07) is 15.2. The Kier molecular flexibility index (Phi) is 5.46. The quantitative estimate of drug-likeness (QED) is 0.821. The van der Waals surface area contributed by atoms with Crippen LogP contribution in [0.15, 0.2) is 48.5 Å². The van der Waals surface area contributed by atoms with E-state index in [0.717, 1.165) is 22.7 Å². The predicted molar refractivity (Wildman–Crippen MR) is 84.1 cm³/mol. The molecule has 0 bridgehead atoms. The minimum absolute atomic E-state index is 0.00515. The summed E-state index contributed by atoms with van der Waals surface area (Å²) in [5.41, 5.74) is 1.91. The lowest BCUT2D eigenvalue weighted by atomic mass is 10.1. The normalized spacial score (nSPS) is 11.8. The average Bonchev–Trinajstić information content (AvgIpc) is 2.54. The van der Waals surface area contributed by atoms with Crippen LogP contribution in [-0.4, -0.2) is 25.4 Å². The van der Waals surface area contributed by atoms with Gasteiger partial charge in [-0.15, -0.1) is 0 Å². The number of methoxy groups -OCH3 is 1. The molecule has 0 aliphatic carbocycles. The molecule has 0 aromatic heterocycles. The summed E-state index contributed by atoms with van der Waals surface area (Å²) in [6.07, 6.45) is 0. The summed E-state index contributed by atoms with van der Waals surface area (Å²) in [7, 11) is 1.63. The van der Waals surface area contributed by atoms with Crippen molar-refractivity contribution in [3.8, 4) is 11.5 Å². The first-order chi connectivity index (χ1) is 10.3. The first kappa shape index (κ1) is 15.2. The number of nitrogens with one attached hydrogen (secondary N) is 1. The zero-order valence-electron chi connectivity index (χ0n) is 12.4. The van der Waals surface area contributed by atoms with Crippen molar-refractivity contribution in [1.82, 2.24) is 0 Å². The van der Waals surface area contributed by atoms with Crippen LogP contribution in [0.4, 0.5) is 5.69 Å². The second kappa shape index (κ2) is 7.55. The fourth-order valence-electron chi connectivity index (χ4n) is 2.11. The van der Waals surface area contributed by atoms with Crippen LogP contribution in [-0.2, 0) is 0 Å². The van der Waals surface area contributed by atoms with Crippen molar-refractivity contribution in [2.45, 2.75) is 13.0 Å². The molecule has 0 radical (unpaired) electrons. The molecule has 4 heteroatoms. The first-order valence-corrected chi connectivity index (χ1v) is 7.01. The molecule has 0 spiro atoms. The van der Waals surface area contributed by atoms with Crippen LogP contribution in [0.25, 0.3) is 0 Å². The molecule has 0 aliphatic rings. The predicted octanol–water partition coefficient (Wildman–Crippen LogP) is 3.24. The minimum Gasteiger partial charge on any atom is -0.497 e. The van der Waals surface area contributed by atoms with Crippen LogP contribution in [0.1, 0.15) is 18.5 Å². The van der Waals surface area contributed by atoms with Gasteiger partial charge in [0.1, 0.15) is 11.5 Å². The lowest BCUT2D eigenvalue weighted by Gasteiger charge is -2.19. The molecule has 0 heterocycles. The van der Waals surface area contributed by atoms with E-state index in [9.17, 15) is 5.11 Å². The molecule has 2 aromatic carbocycles. The standard InChI is InChI=1S/C17H21NO3/c1-3-21-15-9-7-13(8-10-15)17(12-19)18-14-5-4-6-16(11-14)20-2/h4-11,17-19H,3,12H2,1-2H3. The fourth-order valence-corrected chi connectivity index (χ4v) is 2.11. The third kappa shape index (κ3) is 4.13. The summed E-state index contributed by atoms with van der Waals surface area (Å²) in [4.78, 5) is 0. The second-order valence-corrected chi connectivity index (χ2v) is 4.61. The van der Waals surface area contributed by atoms with Gasteiger partial charge in [0.15, 0.2) is 0 Å². The van der Waals surface area contributed by atoms with Gasteiger partial charge in [0.25, 0.3) is 0 Å². The van der Waals surface area contributed by atoms with E-state index in [2.05, 4.69) is 5.32 Å². The molecule has 21 heavy (non-hydrogen) atoms. The number of benzene rings is 2. The molecule has 1 atom stereocenters. The maximum absolute atomic E-state index is 9.61. The maximum Gasteiger partial charge on any atom is 0.120 e. The Morgan fingerprint density at radius 2 is 1.86 bits per heavy atom. The van der Waals surface area contributed by atoms with Crippen LogP contribution in [0, 0.1) is 0 Å². The van der Waals surface area contributed by atoms with Gasteiger partial charge >= 0.3 is 0 Å². The average molecular weight is 287 g/mol. The van der Waals surface area contributed by atoms with Gasteiger partial charge in [-0.2, -0.15) is 0 Å². The monoisotopic (exact) mass is 287 g/mol. The molecule has 2 aromatic rings. The van der Waals surface area contributed by atoms with E-state index < -0.39 is 0 Å².